The molecule has 8 heteroatoms. The van der Waals surface area contributed by atoms with Crippen molar-refractivity contribution in [1.82, 2.24) is 19.4 Å². The lowest BCUT2D eigenvalue weighted by molar-refractivity contribution is 0.290. The molecule has 150 valence electrons. The third-order valence-electron chi connectivity index (χ3n) is 5.64. The first-order chi connectivity index (χ1) is 13.4. The molecular formula is C20H26F2N6. The summed E-state index contributed by atoms with van der Waals surface area (Å²) in [5.41, 5.74) is 13.9. The van der Waals surface area contributed by atoms with Gasteiger partial charge >= 0.3 is 0 Å². The number of likely N-dealkylation sites (tertiary alicyclic amines) is 1. The van der Waals surface area contributed by atoms with Crippen molar-refractivity contribution in [3.8, 4) is 0 Å². The summed E-state index contributed by atoms with van der Waals surface area (Å²) in [6.07, 6.45) is 6.27. The molecule has 4 N–H and O–H groups in total. The Morgan fingerprint density at radius 2 is 1.93 bits per heavy atom. The Kier molecular flexibility index (Phi) is 4.74. The summed E-state index contributed by atoms with van der Waals surface area (Å²) in [6, 6.07) is 3.03. The second-order valence-electron chi connectivity index (χ2n) is 7.83. The van der Waals surface area contributed by atoms with E-state index in [4.69, 9.17) is 11.5 Å². The summed E-state index contributed by atoms with van der Waals surface area (Å²) in [6.45, 7) is 1.72. The summed E-state index contributed by atoms with van der Waals surface area (Å²) in [5.74, 6) is -0.565. The average Bonchev–Trinajstić information content (AvgIpc) is 3.24. The predicted octanol–water partition coefficient (Wildman–Crippen LogP) is 2.39. The number of likely N-dealkylation sites (N-methyl/N-ethyl adjacent to an activating group) is 1. The van der Waals surface area contributed by atoms with E-state index in [0.717, 1.165) is 38.4 Å². The van der Waals surface area contributed by atoms with Crippen molar-refractivity contribution >= 4 is 16.6 Å². The topological polar surface area (TPSA) is 76.3 Å². The molecule has 1 saturated heterocycles. The molecule has 1 saturated carbocycles. The summed E-state index contributed by atoms with van der Waals surface area (Å²) < 4.78 is 29.5. The quantitative estimate of drug-likeness (QED) is 0.769. The lowest BCUT2D eigenvalue weighted by Crippen LogP contribution is -2.32. The normalized spacial score (nSPS) is 21.3. The van der Waals surface area contributed by atoms with Crippen LogP contribution in [-0.2, 0) is 0 Å². The van der Waals surface area contributed by atoms with Gasteiger partial charge in [0.15, 0.2) is 11.6 Å². The summed E-state index contributed by atoms with van der Waals surface area (Å²) >= 11 is 0. The summed E-state index contributed by atoms with van der Waals surface area (Å²) in [5, 5.41) is 0. The second-order valence-corrected chi connectivity index (χ2v) is 7.83. The Balaban J connectivity index is 1.71. The van der Waals surface area contributed by atoms with Gasteiger partial charge in [-0.05, 0) is 39.4 Å². The lowest BCUT2D eigenvalue weighted by Gasteiger charge is -2.22. The molecule has 6 nitrogen and oxygen atoms in total. The molecule has 0 bridgehead atoms. The zero-order chi connectivity index (χ0) is 20.0. The van der Waals surface area contributed by atoms with Crippen LogP contribution in [0.25, 0.3) is 16.6 Å². The van der Waals surface area contributed by atoms with E-state index in [-0.39, 0.29) is 6.04 Å². The zero-order valence-corrected chi connectivity index (χ0v) is 16.2. The number of aromatic nitrogens is 2. The van der Waals surface area contributed by atoms with Crippen LogP contribution in [0.5, 0.6) is 0 Å². The fraction of sp³-hybridized carbons (Fsp3) is 0.450. The van der Waals surface area contributed by atoms with Crippen LogP contribution in [0.1, 0.15) is 31.1 Å². The molecular weight excluding hydrogens is 362 g/mol. The minimum atomic E-state index is -0.903. The second kappa shape index (κ2) is 7.09. The first-order valence-electron chi connectivity index (χ1n) is 9.57. The van der Waals surface area contributed by atoms with E-state index in [1.807, 2.05) is 10.6 Å². The number of nitrogens with zero attached hydrogens (tertiary/aromatic N) is 4. The first-order valence-corrected chi connectivity index (χ1v) is 9.57. The maximum Gasteiger partial charge on any atom is 0.161 e. The highest BCUT2D eigenvalue weighted by atomic mass is 19.2. The molecule has 2 aromatic rings. The summed E-state index contributed by atoms with van der Waals surface area (Å²) in [4.78, 5) is 8.87. The van der Waals surface area contributed by atoms with Crippen molar-refractivity contribution in [1.29, 1.82) is 0 Å². The molecule has 1 aromatic carbocycles. The highest BCUT2D eigenvalue weighted by Gasteiger charge is 2.30. The number of nitrogens with two attached hydrogens (primary N) is 2. The maximum atomic E-state index is 13.8. The van der Waals surface area contributed by atoms with E-state index in [9.17, 15) is 8.78 Å². The molecule has 1 aliphatic heterocycles. The fourth-order valence-electron chi connectivity index (χ4n) is 3.83. The molecule has 2 aliphatic rings. The number of hydrogen-bond acceptors (Lipinski definition) is 5. The van der Waals surface area contributed by atoms with Gasteiger partial charge in [0.05, 0.1) is 16.9 Å². The highest BCUT2D eigenvalue weighted by molar-refractivity contribution is 5.82. The number of allylic oxidation sites excluding steroid dienone is 2. The molecule has 1 aliphatic carbocycles. The monoisotopic (exact) mass is 388 g/mol. The lowest BCUT2D eigenvalue weighted by atomic mass is 10.2. The van der Waals surface area contributed by atoms with Crippen molar-refractivity contribution in [3.63, 3.8) is 0 Å². The SMILES string of the molecule is CN(C)C1CCN(/C(N)=C/C(=C\N)c2nc3cc(F)c(F)cc3n2C2CC2)C1. The smallest absolute Gasteiger partial charge is 0.161 e. The highest BCUT2D eigenvalue weighted by Crippen LogP contribution is 2.40. The summed E-state index contributed by atoms with van der Waals surface area (Å²) in [7, 11) is 4.13. The molecule has 0 amide bonds. The van der Waals surface area contributed by atoms with Crippen molar-refractivity contribution in [3.05, 3.63) is 47.7 Å². The Hall–Kier alpha value is -2.61. The van der Waals surface area contributed by atoms with Crippen LogP contribution in [0.2, 0.25) is 0 Å². The molecule has 4 rings (SSSR count). The molecule has 1 unspecified atom stereocenters. The Labute approximate surface area is 163 Å². The van der Waals surface area contributed by atoms with Gasteiger partial charge in [-0.25, -0.2) is 13.8 Å². The van der Waals surface area contributed by atoms with E-state index in [0.29, 0.717) is 34.3 Å². The number of hydrogen-bond donors (Lipinski definition) is 2. The van der Waals surface area contributed by atoms with Crippen molar-refractivity contribution in [2.45, 2.75) is 31.3 Å². The largest absolute Gasteiger partial charge is 0.404 e. The average molecular weight is 388 g/mol. The number of rotatable bonds is 5. The third-order valence-corrected chi connectivity index (χ3v) is 5.64. The number of halogens is 2. The maximum absolute atomic E-state index is 13.8. The van der Waals surface area contributed by atoms with Crippen molar-refractivity contribution in [2.24, 2.45) is 11.5 Å². The molecule has 1 aromatic heterocycles. The Morgan fingerprint density at radius 1 is 1.21 bits per heavy atom. The van der Waals surface area contributed by atoms with Crippen LogP contribution in [-0.4, -0.2) is 52.6 Å². The van der Waals surface area contributed by atoms with Gasteiger partial charge in [0.1, 0.15) is 5.82 Å². The van der Waals surface area contributed by atoms with Gasteiger partial charge < -0.3 is 25.8 Å². The van der Waals surface area contributed by atoms with Gasteiger partial charge in [0.25, 0.3) is 0 Å². The van der Waals surface area contributed by atoms with E-state index in [2.05, 4.69) is 28.9 Å². The van der Waals surface area contributed by atoms with Gasteiger partial charge in [-0.2, -0.15) is 0 Å². The fourth-order valence-corrected chi connectivity index (χ4v) is 3.83. The first kappa shape index (κ1) is 18.7. The van der Waals surface area contributed by atoms with Gasteiger partial charge in [-0.1, -0.05) is 0 Å². The molecule has 2 heterocycles. The van der Waals surface area contributed by atoms with Crippen LogP contribution >= 0.6 is 0 Å². The van der Waals surface area contributed by atoms with Crippen LogP contribution in [0.15, 0.2) is 30.2 Å². The van der Waals surface area contributed by atoms with E-state index in [1.165, 1.54) is 12.3 Å². The predicted molar refractivity (Wildman–Crippen MR) is 106 cm³/mol. The van der Waals surface area contributed by atoms with Gasteiger partial charge in [0.2, 0.25) is 0 Å². The van der Waals surface area contributed by atoms with E-state index >= 15 is 0 Å². The van der Waals surface area contributed by atoms with Gasteiger partial charge in [-0.15, -0.1) is 0 Å². The Morgan fingerprint density at radius 3 is 2.54 bits per heavy atom. The number of imidazole rings is 1. The minimum absolute atomic E-state index is 0.222. The standard InChI is InChI=1S/C20H26F2N6/c1-26(2)14-5-6-27(11-14)19(24)7-12(10-23)20-25-17-8-15(21)16(22)9-18(17)28(20)13-3-4-13/h7-10,13-14H,3-6,11,23-24H2,1-2H3/b12-10+,19-7+. The van der Waals surface area contributed by atoms with E-state index < -0.39 is 11.6 Å². The zero-order valence-electron chi connectivity index (χ0n) is 16.2. The minimum Gasteiger partial charge on any atom is -0.404 e. The van der Waals surface area contributed by atoms with Crippen molar-refractivity contribution in [2.75, 3.05) is 27.2 Å². The molecule has 0 radical (unpaired) electrons. The van der Waals surface area contributed by atoms with Crippen molar-refractivity contribution < 1.29 is 8.78 Å². The number of benzene rings is 1. The van der Waals surface area contributed by atoms with Crippen LogP contribution in [0.3, 0.4) is 0 Å². The third kappa shape index (κ3) is 3.32. The van der Waals surface area contributed by atoms with Crippen LogP contribution in [0, 0.1) is 11.6 Å². The van der Waals surface area contributed by atoms with Crippen LogP contribution in [0.4, 0.5) is 8.78 Å². The Bertz CT molecular complexity index is 957. The van der Waals surface area contributed by atoms with Gasteiger partial charge in [0, 0.05) is 49.1 Å². The molecule has 0 spiro atoms. The molecule has 2 fully saturated rings. The van der Waals surface area contributed by atoms with Gasteiger partial charge in [-0.3, -0.25) is 0 Å². The number of fused-ring (bicyclic) bond motifs is 1. The molecule has 1 atom stereocenters. The molecule has 28 heavy (non-hydrogen) atoms. The van der Waals surface area contributed by atoms with E-state index in [1.54, 1.807) is 0 Å². The van der Waals surface area contributed by atoms with Crippen LogP contribution < -0.4 is 11.5 Å².